The van der Waals surface area contributed by atoms with Crippen LogP contribution in [0.25, 0.3) is 0 Å². The lowest BCUT2D eigenvalue weighted by Gasteiger charge is -2.41. The van der Waals surface area contributed by atoms with Gasteiger partial charge in [0.25, 0.3) is 0 Å². The molecule has 0 aromatic heterocycles. The summed E-state index contributed by atoms with van der Waals surface area (Å²) in [5, 5.41) is 30.7. The van der Waals surface area contributed by atoms with Gasteiger partial charge in [-0.2, -0.15) is 8.42 Å². The second-order valence-corrected chi connectivity index (χ2v) is 18.1. The Morgan fingerprint density at radius 1 is 0.576 bits per heavy atom. The maximum Gasteiger partial charge on any atom is 0.397 e. The minimum Gasteiger partial charge on any atom is -0.457 e. The molecule has 1 aliphatic heterocycles. The van der Waals surface area contributed by atoms with Gasteiger partial charge in [-0.3, -0.25) is 9.35 Å². The topological polar surface area (TPSA) is 178 Å². The number of unbranched alkanes of at least 4 members (excludes halogenated alkanes) is 30. The van der Waals surface area contributed by atoms with Gasteiger partial charge in [0.1, 0.15) is 30.5 Å². The summed E-state index contributed by atoms with van der Waals surface area (Å²) in [6.45, 7) is 4.03. The largest absolute Gasteiger partial charge is 0.457 e. The molecule has 6 unspecified atom stereocenters. The van der Waals surface area contributed by atoms with Crippen molar-refractivity contribution in [3.8, 4) is 0 Å². The Balaban J connectivity index is 2.32. The Hall–Kier alpha value is -0.900. The minimum atomic E-state index is -5.05. The number of esters is 1. The van der Waals surface area contributed by atoms with E-state index in [9.17, 15) is 28.5 Å². The SMILES string of the molecule is CCCCCCCCCCCCCCCCCCCCCCCOCC(COC1OC(CO)C(O)C(OS(=O)(=O)O)C1O)OC(=O)CCCCCCCCCCCCC. The zero-order valence-electron chi connectivity index (χ0n) is 37.6. The molecule has 1 aliphatic rings. The summed E-state index contributed by atoms with van der Waals surface area (Å²) in [7, 11) is -5.05. The van der Waals surface area contributed by atoms with Crippen LogP contribution >= 0.6 is 0 Å². The maximum atomic E-state index is 12.8. The van der Waals surface area contributed by atoms with Crippen LogP contribution in [0.2, 0.25) is 0 Å². The van der Waals surface area contributed by atoms with Crippen molar-refractivity contribution in [3.05, 3.63) is 0 Å². The average Bonchev–Trinajstić information content (AvgIpc) is 3.20. The van der Waals surface area contributed by atoms with Gasteiger partial charge in [-0.05, 0) is 12.8 Å². The van der Waals surface area contributed by atoms with Crippen molar-refractivity contribution < 1.29 is 56.2 Å². The molecule has 1 saturated heterocycles. The van der Waals surface area contributed by atoms with Gasteiger partial charge in [-0.25, -0.2) is 4.18 Å². The molecular weight excluding hydrogens is 777 g/mol. The van der Waals surface area contributed by atoms with Crippen molar-refractivity contribution in [2.75, 3.05) is 26.4 Å². The van der Waals surface area contributed by atoms with Crippen LogP contribution in [-0.2, 0) is 38.3 Å². The summed E-state index contributed by atoms with van der Waals surface area (Å²) < 4.78 is 59.1. The Bertz CT molecular complexity index is 1050. The maximum absolute atomic E-state index is 12.8. The fourth-order valence-electron chi connectivity index (χ4n) is 7.79. The molecule has 13 heteroatoms. The van der Waals surface area contributed by atoms with Gasteiger partial charge in [0.2, 0.25) is 0 Å². The molecule has 352 valence electrons. The van der Waals surface area contributed by atoms with Crippen LogP contribution in [0.3, 0.4) is 0 Å². The third kappa shape index (κ3) is 32.4. The highest BCUT2D eigenvalue weighted by molar-refractivity contribution is 7.80. The van der Waals surface area contributed by atoms with Crippen molar-refractivity contribution in [1.82, 2.24) is 0 Å². The highest BCUT2D eigenvalue weighted by atomic mass is 32.3. The fourth-order valence-corrected chi connectivity index (χ4v) is 8.30. The Kier molecular flexibility index (Phi) is 36.9. The summed E-state index contributed by atoms with van der Waals surface area (Å²) in [6, 6.07) is 0. The van der Waals surface area contributed by atoms with Gasteiger partial charge in [-0.15, -0.1) is 0 Å². The minimum absolute atomic E-state index is 0.0446. The molecule has 4 N–H and O–H groups in total. The lowest BCUT2D eigenvalue weighted by Crippen LogP contribution is -2.60. The van der Waals surface area contributed by atoms with Crippen molar-refractivity contribution >= 4 is 16.4 Å². The van der Waals surface area contributed by atoms with Gasteiger partial charge in [-0.1, -0.05) is 206 Å². The summed E-state index contributed by atoms with van der Waals surface area (Å²) in [6.07, 6.45) is 31.5. The highest BCUT2D eigenvalue weighted by Gasteiger charge is 2.48. The molecule has 12 nitrogen and oxygen atoms in total. The first-order chi connectivity index (χ1) is 28.6. The van der Waals surface area contributed by atoms with Crippen LogP contribution in [-0.4, -0.2) is 97.5 Å². The molecule has 0 aromatic carbocycles. The third-order valence-corrected chi connectivity index (χ3v) is 11.9. The Labute approximate surface area is 360 Å². The van der Waals surface area contributed by atoms with E-state index in [0.29, 0.717) is 13.0 Å². The first-order valence-electron chi connectivity index (χ1n) is 24.3. The van der Waals surface area contributed by atoms with Gasteiger partial charge in [0, 0.05) is 13.0 Å². The van der Waals surface area contributed by atoms with E-state index in [1.54, 1.807) is 0 Å². The van der Waals surface area contributed by atoms with Crippen LogP contribution in [0.15, 0.2) is 0 Å². The predicted octanol–water partition coefficient (Wildman–Crippen LogP) is 10.5. The number of ether oxygens (including phenoxy) is 4. The first-order valence-corrected chi connectivity index (χ1v) is 25.7. The fraction of sp³-hybridized carbons (Fsp3) is 0.978. The second-order valence-electron chi connectivity index (χ2n) is 17.1. The lowest BCUT2D eigenvalue weighted by atomic mass is 9.99. The number of hydrogen-bond acceptors (Lipinski definition) is 11. The zero-order valence-corrected chi connectivity index (χ0v) is 38.4. The Morgan fingerprint density at radius 3 is 1.36 bits per heavy atom. The van der Waals surface area contributed by atoms with E-state index in [1.165, 1.54) is 161 Å². The smallest absolute Gasteiger partial charge is 0.397 e. The van der Waals surface area contributed by atoms with Crippen molar-refractivity contribution in [2.45, 2.75) is 263 Å². The monoisotopic (exact) mass is 867 g/mol. The molecule has 0 spiro atoms. The molecule has 0 aromatic rings. The predicted molar refractivity (Wildman–Crippen MR) is 235 cm³/mol. The third-order valence-electron chi connectivity index (χ3n) is 11.5. The zero-order chi connectivity index (χ0) is 43.2. The highest BCUT2D eigenvalue weighted by Crippen LogP contribution is 2.26. The normalized spacial score (nSPS) is 20.3. The average molecular weight is 867 g/mol. The molecule has 0 bridgehead atoms. The van der Waals surface area contributed by atoms with Gasteiger partial charge >= 0.3 is 16.4 Å². The second kappa shape index (κ2) is 38.7. The number of rotatable bonds is 43. The van der Waals surface area contributed by atoms with Crippen LogP contribution in [0.5, 0.6) is 0 Å². The van der Waals surface area contributed by atoms with Crippen LogP contribution in [0.4, 0.5) is 0 Å². The summed E-state index contributed by atoms with van der Waals surface area (Å²) in [5.74, 6) is -0.395. The number of aliphatic hydroxyl groups excluding tert-OH is 3. The van der Waals surface area contributed by atoms with Crippen LogP contribution < -0.4 is 0 Å². The summed E-state index contributed by atoms with van der Waals surface area (Å²) >= 11 is 0. The number of hydrogen-bond donors (Lipinski definition) is 4. The molecule has 0 aliphatic carbocycles. The lowest BCUT2D eigenvalue weighted by molar-refractivity contribution is -0.301. The van der Waals surface area contributed by atoms with Crippen LogP contribution in [0, 0.1) is 0 Å². The van der Waals surface area contributed by atoms with E-state index < -0.39 is 59.8 Å². The van der Waals surface area contributed by atoms with Gasteiger partial charge in [0.05, 0.1) is 19.8 Å². The summed E-state index contributed by atoms with van der Waals surface area (Å²) in [4.78, 5) is 12.8. The summed E-state index contributed by atoms with van der Waals surface area (Å²) in [5.41, 5.74) is 0. The molecule has 0 radical (unpaired) electrons. The number of carbonyl (C=O) groups excluding carboxylic acids is 1. The van der Waals surface area contributed by atoms with Crippen molar-refractivity contribution in [1.29, 1.82) is 0 Å². The quantitative estimate of drug-likeness (QED) is 0.0259. The first kappa shape index (κ1) is 56.1. The molecule has 1 fully saturated rings. The van der Waals surface area contributed by atoms with Crippen LogP contribution in [0.1, 0.15) is 226 Å². The standard InChI is InChI=1S/C46H90O12S/c1-3-5-7-9-11-13-15-16-17-18-19-20-21-22-23-24-26-28-30-32-34-36-54-38-40(56-42(48)35-33-31-29-27-25-14-12-10-8-6-4-2)39-55-46-44(50)45(58-59(51,52)53)43(49)41(37-47)57-46/h40-41,43-47,49-50H,3-39H2,1-2H3,(H,51,52,53). The Morgan fingerprint density at radius 2 is 0.966 bits per heavy atom. The van der Waals surface area contributed by atoms with E-state index in [1.807, 2.05) is 0 Å². The number of carbonyl (C=O) groups is 1. The van der Waals surface area contributed by atoms with Gasteiger partial charge in [0.15, 0.2) is 6.29 Å². The molecule has 6 atom stereocenters. The van der Waals surface area contributed by atoms with E-state index in [0.717, 1.165) is 38.5 Å². The van der Waals surface area contributed by atoms with Crippen molar-refractivity contribution in [2.24, 2.45) is 0 Å². The van der Waals surface area contributed by atoms with Gasteiger partial charge < -0.3 is 34.3 Å². The van der Waals surface area contributed by atoms with E-state index in [-0.39, 0.29) is 19.6 Å². The molecule has 1 heterocycles. The molecule has 0 amide bonds. The van der Waals surface area contributed by atoms with E-state index in [4.69, 9.17) is 23.5 Å². The number of aliphatic hydroxyl groups is 3. The van der Waals surface area contributed by atoms with E-state index >= 15 is 0 Å². The molecule has 1 rings (SSSR count). The van der Waals surface area contributed by atoms with Crippen molar-refractivity contribution in [3.63, 3.8) is 0 Å². The molecular formula is C46H90O12S. The molecule has 0 saturated carbocycles. The molecule has 59 heavy (non-hydrogen) atoms. The van der Waals surface area contributed by atoms with E-state index in [2.05, 4.69) is 18.0 Å².